The average molecular weight is 283 g/mol. The summed E-state index contributed by atoms with van der Waals surface area (Å²) in [6.07, 6.45) is 2.39. The minimum absolute atomic E-state index is 0.292. The molecule has 1 fully saturated rings. The minimum Gasteiger partial charge on any atom is -0.486 e. The molecule has 0 radical (unpaired) electrons. The number of rotatable bonds is 3. The molecular weight excluding hydrogens is 264 g/mol. The van der Waals surface area contributed by atoms with Crippen molar-refractivity contribution in [1.29, 1.82) is 0 Å². The number of fused-ring (bicyclic) bond motifs is 1. The highest BCUT2D eigenvalue weighted by molar-refractivity contribution is 6.33. The maximum atomic E-state index is 10.2. The highest BCUT2D eigenvalue weighted by Gasteiger charge is 2.41. The van der Waals surface area contributed by atoms with Crippen LogP contribution in [0.1, 0.15) is 43.7 Å². The molecule has 1 N–H and O–H groups in total. The third kappa shape index (κ3) is 2.41. The van der Waals surface area contributed by atoms with Crippen LogP contribution in [-0.2, 0) is 6.42 Å². The second kappa shape index (κ2) is 4.57. The molecule has 0 spiro atoms. The lowest BCUT2D eigenvalue weighted by Crippen LogP contribution is -2.19. The van der Waals surface area contributed by atoms with Gasteiger partial charge < -0.3 is 14.6 Å². The monoisotopic (exact) mass is 282 g/mol. The molecule has 104 valence electrons. The second-order valence-electron chi connectivity index (χ2n) is 5.84. The second-order valence-corrected chi connectivity index (χ2v) is 6.22. The Balaban J connectivity index is 2.07. The number of benzene rings is 1. The smallest absolute Gasteiger partial charge is 0.180 e. The molecule has 0 atom stereocenters. The topological polar surface area (TPSA) is 38.7 Å². The molecule has 1 heterocycles. The van der Waals surface area contributed by atoms with Gasteiger partial charge in [0.1, 0.15) is 13.2 Å². The lowest BCUT2D eigenvalue weighted by molar-refractivity contribution is 0.149. The highest BCUT2D eigenvalue weighted by Crippen LogP contribution is 2.47. The Labute approximate surface area is 118 Å². The fraction of sp³-hybridized carbons (Fsp3) is 0.600. The Morgan fingerprint density at radius 2 is 2.00 bits per heavy atom. The first-order valence-electron chi connectivity index (χ1n) is 6.83. The minimum atomic E-state index is -0.531. The summed E-state index contributed by atoms with van der Waals surface area (Å²) in [7, 11) is 0. The number of hydrogen-bond acceptors (Lipinski definition) is 3. The van der Waals surface area contributed by atoms with Gasteiger partial charge >= 0.3 is 0 Å². The van der Waals surface area contributed by atoms with Crippen LogP contribution in [0.25, 0.3) is 0 Å². The van der Waals surface area contributed by atoms with Crippen molar-refractivity contribution in [3.63, 3.8) is 0 Å². The van der Waals surface area contributed by atoms with Gasteiger partial charge in [0, 0.05) is 6.42 Å². The summed E-state index contributed by atoms with van der Waals surface area (Å²) in [6, 6.07) is 1.99. The first kappa shape index (κ1) is 13.1. The summed E-state index contributed by atoms with van der Waals surface area (Å²) < 4.78 is 11.2. The number of hydrogen-bond donors (Lipinski definition) is 1. The maximum absolute atomic E-state index is 10.2. The van der Waals surface area contributed by atoms with Gasteiger partial charge in [-0.3, -0.25) is 0 Å². The van der Waals surface area contributed by atoms with Crippen molar-refractivity contribution in [2.75, 3.05) is 13.2 Å². The molecule has 0 bridgehead atoms. The number of halogens is 1. The summed E-state index contributed by atoms with van der Waals surface area (Å²) in [6.45, 7) is 5.30. The van der Waals surface area contributed by atoms with Gasteiger partial charge in [-0.1, -0.05) is 25.4 Å². The molecule has 0 saturated heterocycles. The van der Waals surface area contributed by atoms with E-state index in [9.17, 15) is 5.11 Å². The molecule has 1 aromatic carbocycles. The molecule has 2 aliphatic rings. The molecule has 0 amide bonds. The number of ether oxygens (including phenoxy) is 2. The molecular formula is C15H19ClO3. The molecule has 1 aliphatic heterocycles. The Morgan fingerprint density at radius 1 is 1.32 bits per heavy atom. The lowest BCUT2D eigenvalue weighted by Gasteiger charge is -2.25. The Morgan fingerprint density at radius 3 is 2.63 bits per heavy atom. The van der Waals surface area contributed by atoms with Crippen molar-refractivity contribution in [2.45, 2.75) is 44.6 Å². The Hall–Kier alpha value is -0.930. The molecule has 1 aliphatic carbocycles. The van der Waals surface area contributed by atoms with Gasteiger partial charge in [-0.2, -0.15) is 0 Å². The van der Waals surface area contributed by atoms with E-state index in [1.165, 1.54) is 0 Å². The summed E-state index contributed by atoms with van der Waals surface area (Å²) in [5.74, 6) is 1.66. The predicted octanol–water partition coefficient (Wildman–Crippen LogP) is 3.30. The standard InChI is InChI=1S/C15H19ClO3/c1-9(2)12-10(8-15(17)3-4-15)7-11-14(13(12)16)19-6-5-18-11/h7,9,17H,3-6,8H2,1-2H3. The van der Waals surface area contributed by atoms with Crippen LogP contribution < -0.4 is 9.47 Å². The van der Waals surface area contributed by atoms with Gasteiger partial charge in [-0.25, -0.2) is 0 Å². The maximum Gasteiger partial charge on any atom is 0.180 e. The third-order valence-electron chi connectivity index (χ3n) is 3.82. The van der Waals surface area contributed by atoms with Crippen molar-refractivity contribution in [1.82, 2.24) is 0 Å². The van der Waals surface area contributed by atoms with Crippen molar-refractivity contribution in [2.24, 2.45) is 0 Å². The van der Waals surface area contributed by atoms with Gasteiger partial charge in [0.25, 0.3) is 0 Å². The molecule has 1 aromatic rings. The molecule has 3 rings (SSSR count). The van der Waals surface area contributed by atoms with Crippen LogP contribution in [0.4, 0.5) is 0 Å². The fourth-order valence-electron chi connectivity index (χ4n) is 2.66. The first-order chi connectivity index (χ1) is 9.00. The van der Waals surface area contributed by atoms with Gasteiger partial charge in [0.05, 0.1) is 10.6 Å². The third-order valence-corrected chi connectivity index (χ3v) is 4.20. The van der Waals surface area contributed by atoms with Gasteiger partial charge in [-0.05, 0) is 36.0 Å². The van der Waals surface area contributed by atoms with E-state index in [4.69, 9.17) is 21.1 Å². The first-order valence-corrected chi connectivity index (χ1v) is 7.21. The Bertz CT molecular complexity index is 507. The van der Waals surface area contributed by atoms with Gasteiger partial charge in [0.15, 0.2) is 11.5 Å². The summed E-state index contributed by atoms with van der Waals surface area (Å²) in [5.41, 5.74) is 1.63. The fourth-order valence-corrected chi connectivity index (χ4v) is 3.14. The lowest BCUT2D eigenvalue weighted by atomic mass is 9.92. The molecule has 3 nitrogen and oxygen atoms in total. The SMILES string of the molecule is CC(C)c1c(CC2(O)CC2)cc2c(c1Cl)OCCO2. The van der Waals surface area contributed by atoms with Crippen LogP contribution in [0.15, 0.2) is 6.07 Å². The van der Waals surface area contributed by atoms with E-state index < -0.39 is 5.60 Å². The van der Waals surface area contributed by atoms with Crippen molar-refractivity contribution in [3.8, 4) is 11.5 Å². The van der Waals surface area contributed by atoms with Gasteiger partial charge in [-0.15, -0.1) is 0 Å². The van der Waals surface area contributed by atoms with E-state index in [2.05, 4.69) is 13.8 Å². The normalized spacial score (nSPS) is 19.6. The van der Waals surface area contributed by atoms with Gasteiger partial charge in [0.2, 0.25) is 0 Å². The quantitative estimate of drug-likeness (QED) is 0.924. The average Bonchev–Trinajstić information content (AvgIpc) is 3.06. The molecule has 1 saturated carbocycles. The van der Waals surface area contributed by atoms with Crippen LogP contribution >= 0.6 is 11.6 Å². The zero-order chi connectivity index (χ0) is 13.6. The van der Waals surface area contributed by atoms with Crippen LogP contribution in [-0.4, -0.2) is 23.9 Å². The zero-order valence-corrected chi connectivity index (χ0v) is 12.1. The largest absolute Gasteiger partial charge is 0.486 e. The van der Waals surface area contributed by atoms with E-state index in [1.807, 2.05) is 6.07 Å². The zero-order valence-electron chi connectivity index (χ0n) is 11.3. The van der Waals surface area contributed by atoms with E-state index in [0.717, 1.165) is 24.0 Å². The van der Waals surface area contributed by atoms with E-state index in [0.29, 0.717) is 42.1 Å². The van der Waals surface area contributed by atoms with E-state index in [1.54, 1.807) is 0 Å². The van der Waals surface area contributed by atoms with Crippen molar-refractivity contribution >= 4 is 11.6 Å². The number of aliphatic hydroxyl groups is 1. The molecule has 19 heavy (non-hydrogen) atoms. The van der Waals surface area contributed by atoms with E-state index in [-0.39, 0.29) is 0 Å². The van der Waals surface area contributed by atoms with Crippen molar-refractivity contribution < 1.29 is 14.6 Å². The predicted molar refractivity (Wildman–Crippen MR) is 74.4 cm³/mol. The van der Waals surface area contributed by atoms with Crippen LogP contribution in [0.5, 0.6) is 11.5 Å². The summed E-state index contributed by atoms with van der Waals surface area (Å²) in [5, 5.41) is 10.8. The van der Waals surface area contributed by atoms with Crippen LogP contribution in [0.3, 0.4) is 0 Å². The molecule has 0 unspecified atom stereocenters. The molecule has 0 aromatic heterocycles. The van der Waals surface area contributed by atoms with Crippen LogP contribution in [0.2, 0.25) is 5.02 Å². The molecule has 4 heteroatoms. The summed E-state index contributed by atoms with van der Waals surface area (Å²) in [4.78, 5) is 0. The highest BCUT2D eigenvalue weighted by atomic mass is 35.5. The summed E-state index contributed by atoms with van der Waals surface area (Å²) >= 11 is 6.49. The van der Waals surface area contributed by atoms with Crippen molar-refractivity contribution in [3.05, 3.63) is 22.2 Å². The van der Waals surface area contributed by atoms with Crippen LogP contribution in [0, 0.1) is 0 Å². The Kier molecular flexibility index (Phi) is 3.14. The van der Waals surface area contributed by atoms with E-state index >= 15 is 0 Å².